The van der Waals surface area contributed by atoms with Crippen molar-refractivity contribution in [2.24, 2.45) is 0 Å². The van der Waals surface area contributed by atoms with Crippen LogP contribution < -0.4 is 0 Å². The molecule has 3 rings (SSSR count). The van der Waals surface area contributed by atoms with E-state index in [4.69, 9.17) is 9.47 Å². The number of ether oxygens (including phenoxy) is 2. The Bertz CT molecular complexity index is 610. The quantitative estimate of drug-likeness (QED) is 0.354. The minimum Gasteiger partial charge on any atom is -0.471 e. The van der Waals surface area contributed by atoms with E-state index in [9.17, 15) is 14.4 Å². The Labute approximate surface area is 120 Å². The monoisotopic (exact) mass is 287 g/mol. The second-order valence-electron chi connectivity index (χ2n) is 4.78. The van der Waals surface area contributed by atoms with Crippen molar-refractivity contribution in [2.75, 3.05) is 0 Å². The lowest BCUT2D eigenvalue weighted by Gasteiger charge is -2.33. The summed E-state index contributed by atoms with van der Waals surface area (Å²) < 4.78 is 10.6. The number of fused-ring (bicyclic) bond motifs is 1. The highest BCUT2D eigenvalue weighted by Gasteiger charge is 2.54. The van der Waals surface area contributed by atoms with E-state index in [1.807, 2.05) is 30.3 Å². The molecule has 0 aliphatic carbocycles. The Morgan fingerprint density at radius 2 is 2.14 bits per heavy atom. The summed E-state index contributed by atoms with van der Waals surface area (Å²) in [5, 5.41) is 0. The zero-order chi connectivity index (χ0) is 14.8. The minimum absolute atomic E-state index is 0.108. The summed E-state index contributed by atoms with van der Waals surface area (Å²) in [6, 6.07) is 8.26. The minimum atomic E-state index is -0.954. The van der Waals surface area contributed by atoms with Gasteiger partial charge < -0.3 is 9.47 Å². The van der Waals surface area contributed by atoms with Gasteiger partial charge >= 0.3 is 5.97 Å². The van der Waals surface area contributed by atoms with E-state index in [0.29, 0.717) is 6.29 Å². The second kappa shape index (κ2) is 5.40. The molecular weight excluding hydrogens is 274 g/mol. The molecule has 0 unspecified atom stereocenters. The third-order valence-electron chi connectivity index (χ3n) is 3.45. The van der Waals surface area contributed by atoms with Gasteiger partial charge in [-0.25, -0.2) is 4.79 Å². The fourth-order valence-corrected chi connectivity index (χ4v) is 2.40. The van der Waals surface area contributed by atoms with Gasteiger partial charge in [0, 0.05) is 6.08 Å². The molecule has 0 saturated carbocycles. The number of carbonyl (C=O) groups is 3. The second-order valence-corrected chi connectivity index (χ2v) is 4.78. The van der Waals surface area contributed by atoms with E-state index in [-0.39, 0.29) is 24.7 Å². The van der Waals surface area contributed by atoms with Gasteiger partial charge in [-0.05, 0) is 5.56 Å². The summed E-state index contributed by atoms with van der Waals surface area (Å²) in [4.78, 5) is 35.7. The van der Waals surface area contributed by atoms with Crippen LogP contribution in [0.2, 0.25) is 0 Å². The number of hydrogen-bond donors (Lipinski definition) is 0. The van der Waals surface area contributed by atoms with Crippen LogP contribution in [0, 0.1) is 0 Å². The van der Waals surface area contributed by atoms with E-state index in [1.165, 1.54) is 4.90 Å². The molecule has 2 fully saturated rings. The molecule has 1 aromatic carbocycles. The van der Waals surface area contributed by atoms with Gasteiger partial charge in [0.05, 0.1) is 6.42 Å². The zero-order valence-electron chi connectivity index (χ0n) is 11.1. The number of allylic oxidation sites excluding steroid dienone is 1. The van der Waals surface area contributed by atoms with Crippen LogP contribution in [0.15, 0.2) is 42.2 Å². The van der Waals surface area contributed by atoms with Gasteiger partial charge in [-0.2, -0.15) is 0 Å². The number of hydrogen-bond acceptors (Lipinski definition) is 5. The van der Waals surface area contributed by atoms with Gasteiger partial charge in [-0.1, -0.05) is 30.3 Å². The number of aldehydes is 1. The van der Waals surface area contributed by atoms with Gasteiger partial charge in [0.1, 0.15) is 18.7 Å². The zero-order valence-corrected chi connectivity index (χ0v) is 11.1. The Kier molecular flexibility index (Phi) is 3.43. The highest BCUT2D eigenvalue weighted by molar-refractivity contribution is 5.92. The molecule has 1 amide bonds. The molecule has 0 spiro atoms. The lowest BCUT2D eigenvalue weighted by Crippen LogP contribution is -2.55. The van der Waals surface area contributed by atoms with Crippen LogP contribution in [0.3, 0.4) is 0 Å². The van der Waals surface area contributed by atoms with Crippen molar-refractivity contribution in [2.45, 2.75) is 25.3 Å². The number of rotatable bonds is 4. The van der Waals surface area contributed by atoms with Crippen LogP contribution in [0.1, 0.15) is 12.0 Å². The highest BCUT2D eigenvalue weighted by Crippen LogP contribution is 2.36. The molecule has 0 N–H and O–H groups in total. The first-order valence-corrected chi connectivity index (χ1v) is 6.54. The standard InChI is InChI=1S/C15H13NO5/c17-7-6-11-14(16-12(18)8-13(16)21-11)15(19)20-9-10-4-2-1-3-5-10/h1-7,13-14H,8-9H2/b11-6-/t13-,14-/m0/s1. The fourth-order valence-electron chi connectivity index (χ4n) is 2.40. The van der Waals surface area contributed by atoms with E-state index < -0.39 is 18.2 Å². The summed E-state index contributed by atoms with van der Waals surface area (Å²) in [6.45, 7) is 0.108. The normalized spacial score (nSPS) is 25.0. The van der Waals surface area contributed by atoms with Crippen LogP contribution >= 0.6 is 0 Å². The number of amides is 1. The molecule has 0 bridgehead atoms. The number of benzene rings is 1. The molecule has 2 aliphatic rings. The lowest BCUT2D eigenvalue weighted by molar-refractivity contribution is -0.166. The summed E-state index contributed by atoms with van der Waals surface area (Å²) in [7, 11) is 0. The third kappa shape index (κ3) is 2.40. The maximum atomic E-state index is 12.2. The Hall–Kier alpha value is -2.63. The Balaban J connectivity index is 1.71. The maximum Gasteiger partial charge on any atom is 0.337 e. The molecule has 21 heavy (non-hydrogen) atoms. The number of nitrogens with zero attached hydrogens (tertiary/aromatic N) is 1. The molecule has 6 nitrogen and oxygen atoms in total. The molecule has 2 saturated heterocycles. The SMILES string of the molecule is O=C/C=C1\O[C@H]2CC(=O)N2[C@@H]1C(=O)OCc1ccccc1. The first kappa shape index (κ1) is 13.4. The van der Waals surface area contributed by atoms with Gasteiger partial charge in [-0.15, -0.1) is 0 Å². The van der Waals surface area contributed by atoms with Crippen LogP contribution in [0.5, 0.6) is 0 Å². The summed E-state index contributed by atoms with van der Waals surface area (Å²) >= 11 is 0. The van der Waals surface area contributed by atoms with E-state index >= 15 is 0 Å². The molecule has 2 aliphatic heterocycles. The summed E-state index contributed by atoms with van der Waals surface area (Å²) in [6.07, 6.45) is 1.44. The van der Waals surface area contributed by atoms with E-state index in [2.05, 4.69) is 0 Å². The van der Waals surface area contributed by atoms with Crippen molar-refractivity contribution in [1.29, 1.82) is 0 Å². The molecule has 108 valence electrons. The van der Waals surface area contributed by atoms with Crippen molar-refractivity contribution in [3.63, 3.8) is 0 Å². The van der Waals surface area contributed by atoms with Gasteiger partial charge in [-0.3, -0.25) is 14.5 Å². The van der Waals surface area contributed by atoms with Gasteiger partial charge in [0.15, 0.2) is 12.3 Å². The van der Waals surface area contributed by atoms with E-state index in [0.717, 1.165) is 11.6 Å². The molecule has 0 radical (unpaired) electrons. The summed E-state index contributed by atoms with van der Waals surface area (Å²) in [5.41, 5.74) is 0.845. The van der Waals surface area contributed by atoms with Gasteiger partial charge in [0.25, 0.3) is 0 Å². The average molecular weight is 287 g/mol. The average Bonchev–Trinajstić information content (AvgIpc) is 2.79. The fraction of sp³-hybridized carbons (Fsp3) is 0.267. The van der Waals surface area contributed by atoms with Crippen molar-refractivity contribution in [1.82, 2.24) is 4.90 Å². The smallest absolute Gasteiger partial charge is 0.337 e. The predicted molar refractivity (Wildman–Crippen MR) is 70.5 cm³/mol. The van der Waals surface area contributed by atoms with E-state index in [1.54, 1.807) is 0 Å². The maximum absolute atomic E-state index is 12.2. The van der Waals surface area contributed by atoms with Crippen LogP contribution in [0.4, 0.5) is 0 Å². The lowest BCUT2D eigenvalue weighted by atomic mass is 10.1. The largest absolute Gasteiger partial charge is 0.471 e. The molecular formula is C15H13NO5. The first-order chi connectivity index (χ1) is 10.2. The van der Waals surface area contributed by atoms with Crippen molar-refractivity contribution < 1.29 is 23.9 Å². The van der Waals surface area contributed by atoms with Crippen molar-refractivity contribution in [3.05, 3.63) is 47.7 Å². The van der Waals surface area contributed by atoms with Crippen LogP contribution in [-0.4, -0.2) is 35.3 Å². The topological polar surface area (TPSA) is 72.9 Å². The number of β-lactam (4-membered cyclic amide) rings is 1. The molecule has 2 atom stereocenters. The first-order valence-electron chi connectivity index (χ1n) is 6.54. The van der Waals surface area contributed by atoms with Gasteiger partial charge in [0.2, 0.25) is 5.91 Å². The number of esters is 1. The van der Waals surface area contributed by atoms with Crippen LogP contribution in [-0.2, 0) is 30.5 Å². The molecule has 2 heterocycles. The summed E-state index contributed by atoms with van der Waals surface area (Å²) in [5.74, 6) is -0.614. The van der Waals surface area contributed by atoms with Crippen molar-refractivity contribution in [3.8, 4) is 0 Å². The Morgan fingerprint density at radius 1 is 1.38 bits per heavy atom. The van der Waals surface area contributed by atoms with Crippen molar-refractivity contribution >= 4 is 18.2 Å². The molecule has 6 heteroatoms. The van der Waals surface area contributed by atoms with Crippen LogP contribution in [0.25, 0.3) is 0 Å². The third-order valence-corrected chi connectivity index (χ3v) is 3.45. The molecule has 0 aromatic heterocycles. The Morgan fingerprint density at radius 3 is 2.81 bits per heavy atom. The molecule has 1 aromatic rings. The number of carbonyl (C=O) groups excluding carboxylic acids is 3. The predicted octanol–water partition coefficient (Wildman–Crippen LogP) is 0.770. The highest BCUT2D eigenvalue weighted by atomic mass is 16.6.